The molecule has 1 aromatic rings. The Balaban J connectivity index is 2.02. The van der Waals surface area contributed by atoms with Gasteiger partial charge < -0.3 is 9.57 Å². The lowest BCUT2D eigenvalue weighted by molar-refractivity contribution is -0.195. The van der Waals surface area contributed by atoms with Crippen LogP contribution in [0.1, 0.15) is 18.9 Å². The number of benzene rings is 1. The number of para-hydroxylation sites is 1. The fourth-order valence-corrected chi connectivity index (χ4v) is 2.16. The average Bonchev–Trinajstić information content (AvgIpc) is 2.86. The van der Waals surface area contributed by atoms with Crippen molar-refractivity contribution in [3.63, 3.8) is 0 Å². The molecule has 5 nitrogen and oxygen atoms in total. The van der Waals surface area contributed by atoms with Crippen molar-refractivity contribution >= 4 is 5.97 Å². The van der Waals surface area contributed by atoms with Crippen molar-refractivity contribution in [3.8, 4) is 5.75 Å². The summed E-state index contributed by atoms with van der Waals surface area (Å²) in [6, 6.07) is 7.89. The van der Waals surface area contributed by atoms with Crippen LogP contribution in [0.25, 0.3) is 0 Å². The number of nitrogens with one attached hydrogen (secondary N) is 1. The number of rotatable bonds is 5. The van der Waals surface area contributed by atoms with Crippen LogP contribution in [0.4, 0.5) is 0 Å². The van der Waals surface area contributed by atoms with Gasteiger partial charge in [0.2, 0.25) is 0 Å². The highest BCUT2D eigenvalue weighted by Crippen LogP contribution is 2.21. The molecule has 1 saturated heterocycles. The van der Waals surface area contributed by atoms with Gasteiger partial charge in [0.15, 0.2) is 0 Å². The Kier molecular flexibility index (Phi) is 4.76. The van der Waals surface area contributed by atoms with Crippen molar-refractivity contribution in [2.45, 2.75) is 25.9 Å². The number of ether oxygens (including phenoxy) is 1. The molecule has 0 saturated carbocycles. The predicted octanol–water partition coefficient (Wildman–Crippen LogP) is 1.34. The van der Waals surface area contributed by atoms with E-state index < -0.39 is 0 Å². The largest absolute Gasteiger partial charge is 0.496 e. The summed E-state index contributed by atoms with van der Waals surface area (Å²) in [4.78, 5) is 16.7. The normalized spacial score (nSPS) is 19.4. The molecular weight excluding hydrogens is 244 g/mol. The van der Waals surface area contributed by atoms with E-state index in [4.69, 9.17) is 9.57 Å². The Morgan fingerprint density at radius 1 is 1.47 bits per heavy atom. The molecule has 0 radical (unpaired) electrons. The lowest BCUT2D eigenvalue weighted by Crippen LogP contribution is -2.39. The van der Waals surface area contributed by atoms with E-state index in [1.165, 1.54) is 0 Å². The maximum Gasteiger partial charge on any atom is 0.324 e. The maximum absolute atomic E-state index is 11.4. The van der Waals surface area contributed by atoms with E-state index in [0.717, 1.165) is 24.3 Å². The molecular formula is C14H20N2O3. The molecule has 1 aliphatic rings. The van der Waals surface area contributed by atoms with Gasteiger partial charge in [-0.05, 0) is 11.6 Å². The van der Waals surface area contributed by atoms with Crippen molar-refractivity contribution in [2.24, 2.45) is 0 Å². The minimum absolute atomic E-state index is 0.00630. The van der Waals surface area contributed by atoms with Gasteiger partial charge in [0.05, 0.1) is 13.3 Å². The zero-order chi connectivity index (χ0) is 13.7. The monoisotopic (exact) mass is 264 g/mol. The number of carbonyl (C=O) groups is 1. The van der Waals surface area contributed by atoms with Crippen LogP contribution in [0.15, 0.2) is 24.3 Å². The second kappa shape index (κ2) is 6.54. The molecule has 19 heavy (non-hydrogen) atoms. The third-order valence-corrected chi connectivity index (χ3v) is 3.17. The zero-order valence-electron chi connectivity index (χ0n) is 11.4. The van der Waals surface area contributed by atoms with E-state index in [-0.39, 0.29) is 12.1 Å². The number of hydroxylamine groups is 2. The topological polar surface area (TPSA) is 50.8 Å². The summed E-state index contributed by atoms with van der Waals surface area (Å²) >= 11 is 0. The van der Waals surface area contributed by atoms with E-state index in [9.17, 15) is 4.79 Å². The lowest BCUT2D eigenvalue weighted by Gasteiger charge is -2.23. The molecule has 0 aliphatic carbocycles. The molecule has 5 heteroatoms. The Labute approximate surface area is 113 Å². The fraction of sp³-hybridized carbons (Fsp3) is 0.500. The molecule has 1 atom stereocenters. The molecule has 1 aromatic carbocycles. The highest BCUT2D eigenvalue weighted by atomic mass is 16.7. The van der Waals surface area contributed by atoms with Gasteiger partial charge in [0.25, 0.3) is 0 Å². The van der Waals surface area contributed by atoms with Crippen molar-refractivity contribution in [1.29, 1.82) is 0 Å². The van der Waals surface area contributed by atoms with E-state index in [1.54, 1.807) is 19.1 Å². The van der Waals surface area contributed by atoms with Crippen LogP contribution in [0.2, 0.25) is 0 Å². The van der Waals surface area contributed by atoms with Crippen LogP contribution < -0.4 is 10.1 Å². The van der Waals surface area contributed by atoms with Gasteiger partial charge in [-0.2, -0.15) is 0 Å². The first-order valence-corrected chi connectivity index (χ1v) is 6.57. The van der Waals surface area contributed by atoms with E-state index in [0.29, 0.717) is 13.0 Å². The van der Waals surface area contributed by atoms with Crippen molar-refractivity contribution in [3.05, 3.63) is 29.8 Å². The van der Waals surface area contributed by atoms with Crippen molar-refractivity contribution < 1.29 is 14.4 Å². The van der Waals surface area contributed by atoms with Gasteiger partial charge in [0.1, 0.15) is 5.75 Å². The first-order chi connectivity index (χ1) is 9.24. The van der Waals surface area contributed by atoms with Gasteiger partial charge in [-0.1, -0.05) is 25.1 Å². The maximum atomic E-state index is 11.4. The third-order valence-electron chi connectivity index (χ3n) is 3.17. The molecule has 1 heterocycles. The summed E-state index contributed by atoms with van der Waals surface area (Å²) in [5.74, 6) is 0.659. The molecule has 1 fully saturated rings. The molecule has 0 spiro atoms. The zero-order valence-corrected chi connectivity index (χ0v) is 11.4. The Morgan fingerprint density at radius 2 is 2.26 bits per heavy atom. The molecule has 1 aliphatic heterocycles. The summed E-state index contributed by atoms with van der Waals surface area (Å²) in [7, 11) is 1.66. The second-order valence-corrected chi connectivity index (χ2v) is 4.44. The van der Waals surface area contributed by atoms with E-state index >= 15 is 0 Å². The van der Waals surface area contributed by atoms with Gasteiger partial charge in [-0.25, -0.2) is 0 Å². The van der Waals surface area contributed by atoms with Gasteiger partial charge in [-0.15, -0.1) is 5.06 Å². The Hall–Kier alpha value is -1.59. The first-order valence-electron chi connectivity index (χ1n) is 6.57. The summed E-state index contributed by atoms with van der Waals surface area (Å²) < 4.78 is 5.34. The second-order valence-electron chi connectivity index (χ2n) is 4.44. The SMILES string of the molecule is CCC(=O)ON1CCNC1Cc1ccccc1OC. The minimum Gasteiger partial charge on any atom is -0.496 e. The van der Waals surface area contributed by atoms with Gasteiger partial charge >= 0.3 is 5.97 Å². The molecule has 0 amide bonds. The van der Waals surface area contributed by atoms with Gasteiger partial charge in [-0.3, -0.25) is 10.1 Å². The van der Waals surface area contributed by atoms with Crippen LogP contribution in [0, 0.1) is 0 Å². The molecule has 1 N–H and O–H groups in total. The van der Waals surface area contributed by atoms with Crippen molar-refractivity contribution in [2.75, 3.05) is 20.2 Å². The quantitative estimate of drug-likeness (QED) is 0.869. The summed E-state index contributed by atoms with van der Waals surface area (Å²) in [6.07, 6.45) is 1.13. The molecule has 2 rings (SSSR count). The van der Waals surface area contributed by atoms with Crippen LogP contribution in [0.5, 0.6) is 5.75 Å². The number of nitrogens with zero attached hydrogens (tertiary/aromatic N) is 1. The Morgan fingerprint density at radius 3 is 3.00 bits per heavy atom. The molecule has 0 aromatic heterocycles. The van der Waals surface area contributed by atoms with Crippen molar-refractivity contribution in [1.82, 2.24) is 10.4 Å². The van der Waals surface area contributed by atoms with E-state index in [1.807, 2.05) is 24.3 Å². The number of carbonyl (C=O) groups excluding carboxylic acids is 1. The van der Waals surface area contributed by atoms with Gasteiger partial charge in [0, 0.05) is 25.9 Å². The van der Waals surface area contributed by atoms with E-state index in [2.05, 4.69) is 5.32 Å². The summed E-state index contributed by atoms with van der Waals surface area (Å²) in [5, 5.41) is 5.05. The third kappa shape index (κ3) is 3.45. The summed E-state index contributed by atoms with van der Waals surface area (Å²) in [6.45, 7) is 3.32. The smallest absolute Gasteiger partial charge is 0.324 e. The molecule has 1 unspecified atom stereocenters. The lowest BCUT2D eigenvalue weighted by atomic mass is 10.1. The van der Waals surface area contributed by atoms with Crippen LogP contribution in [-0.4, -0.2) is 37.4 Å². The minimum atomic E-state index is -0.200. The fourth-order valence-electron chi connectivity index (χ4n) is 2.16. The predicted molar refractivity (Wildman–Crippen MR) is 71.6 cm³/mol. The number of hydrogen-bond donors (Lipinski definition) is 1. The van der Waals surface area contributed by atoms with Crippen LogP contribution >= 0.6 is 0 Å². The number of hydrogen-bond acceptors (Lipinski definition) is 5. The molecule has 0 bridgehead atoms. The first kappa shape index (κ1) is 13.8. The van der Waals surface area contributed by atoms with Crippen LogP contribution in [0.3, 0.4) is 0 Å². The highest BCUT2D eigenvalue weighted by molar-refractivity contribution is 5.68. The Bertz CT molecular complexity index is 436. The number of methoxy groups -OCH3 is 1. The standard InChI is InChI=1S/C14H20N2O3/c1-3-14(17)19-16-9-8-15-13(16)10-11-6-4-5-7-12(11)18-2/h4-7,13,15H,3,8-10H2,1-2H3. The van der Waals surface area contributed by atoms with Crippen LogP contribution in [-0.2, 0) is 16.1 Å². The highest BCUT2D eigenvalue weighted by Gasteiger charge is 2.27. The molecule has 104 valence electrons. The summed E-state index contributed by atoms with van der Waals surface area (Å²) in [5.41, 5.74) is 1.10. The average molecular weight is 264 g/mol.